The Kier molecular flexibility index (Phi) is 5.81. The number of rotatable bonds is 5. The SMILES string of the molecule is O=S(=O)([O-])c1ccc(Nc2cc3c(nc4ccccc4[n+]3-c3ccccc3)c3ccc(S(=O)(=O)[O-])cc23)cc1. The molecule has 6 rings (SSSR count). The predicted octanol–water partition coefficient (Wildman–Crippen LogP) is 4.37. The molecule has 9 nitrogen and oxygen atoms in total. The van der Waals surface area contributed by atoms with Crippen molar-refractivity contribution in [3.8, 4) is 5.69 Å². The Labute approximate surface area is 223 Å². The van der Waals surface area contributed by atoms with Crippen molar-refractivity contribution < 1.29 is 30.5 Å². The first kappa shape index (κ1) is 24.9. The number of anilines is 2. The number of hydrogen-bond acceptors (Lipinski definition) is 8. The summed E-state index contributed by atoms with van der Waals surface area (Å²) in [6.07, 6.45) is 0. The van der Waals surface area contributed by atoms with Crippen LogP contribution in [-0.4, -0.2) is 30.9 Å². The van der Waals surface area contributed by atoms with Gasteiger partial charge in [0.2, 0.25) is 16.7 Å². The van der Waals surface area contributed by atoms with Crippen LogP contribution in [0, 0.1) is 0 Å². The number of fused-ring (bicyclic) bond motifs is 4. The van der Waals surface area contributed by atoms with Crippen molar-refractivity contribution in [2.75, 3.05) is 5.32 Å². The van der Waals surface area contributed by atoms with Crippen LogP contribution in [-0.2, 0) is 20.2 Å². The van der Waals surface area contributed by atoms with Gasteiger partial charge in [-0.2, -0.15) is 0 Å². The summed E-state index contributed by atoms with van der Waals surface area (Å²) < 4.78 is 71.7. The minimum absolute atomic E-state index is 0.381. The lowest BCUT2D eigenvalue weighted by atomic mass is 10.0. The number of aromatic nitrogens is 2. The van der Waals surface area contributed by atoms with Crippen LogP contribution in [0.2, 0.25) is 0 Å². The maximum Gasteiger partial charge on any atom is 0.240 e. The Bertz CT molecular complexity index is 2130. The van der Waals surface area contributed by atoms with Crippen LogP contribution in [0.4, 0.5) is 11.4 Å². The molecule has 39 heavy (non-hydrogen) atoms. The van der Waals surface area contributed by atoms with E-state index in [2.05, 4.69) is 5.32 Å². The minimum Gasteiger partial charge on any atom is -0.744 e. The summed E-state index contributed by atoms with van der Waals surface area (Å²) in [5.74, 6) is 0. The highest BCUT2D eigenvalue weighted by Crippen LogP contribution is 2.35. The van der Waals surface area contributed by atoms with Gasteiger partial charge >= 0.3 is 0 Å². The van der Waals surface area contributed by atoms with Gasteiger partial charge in [0, 0.05) is 40.7 Å². The van der Waals surface area contributed by atoms with Crippen LogP contribution in [0.3, 0.4) is 0 Å². The monoisotopic (exact) mass is 556 g/mol. The average molecular weight is 557 g/mol. The third kappa shape index (κ3) is 4.57. The van der Waals surface area contributed by atoms with Crippen molar-refractivity contribution in [2.24, 2.45) is 0 Å². The number of para-hydroxylation sites is 3. The molecule has 11 heteroatoms. The predicted molar refractivity (Wildman–Crippen MR) is 144 cm³/mol. The molecule has 0 aliphatic heterocycles. The fourth-order valence-corrected chi connectivity index (χ4v) is 5.60. The fraction of sp³-hybridized carbons (Fsp3) is 0. The Balaban J connectivity index is 1.70. The zero-order valence-corrected chi connectivity index (χ0v) is 21.6. The number of nitrogens with one attached hydrogen (secondary N) is 1. The first-order chi connectivity index (χ1) is 18.6. The smallest absolute Gasteiger partial charge is 0.240 e. The van der Waals surface area contributed by atoms with Crippen molar-refractivity contribution in [1.29, 1.82) is 0 Å². The normalized spacial score (nSPS) is 12.3. The molecule has 0 spiro atoms. The van der Waals surface area contributed by atoms with Crippen LogP contribution in [0.15, 0.2) is 113 Å². The Morgan fingerprint density at radius 1 is 0.641 bits per heavy atom. The van der Waals surface area contributed by atoms with Crippen molar-refractivity contribution >= 4 is 64.5 Å². The number of benzene rings is 5. The number of nitrogens with zero attached hydrogens (tertiary/aromatic N) is 2. The van der Waals surface area contributed by atoms with E-state index in [0.717, 1.165) is 11.2 Å². The summed E-state index contributed by atoms with van der Waals surface area (Å²) >= 11 is 0. The molecule has 0 aliphatic carbocycles. The first-order valence-electron chi connectivity index (χ1n) is 11.7. The molecule has 0 unspecified atom stereocenters. The molecule has 1 heterocycles. The Morgan fingerprint density at radius 2 is 1.28 bits per heavy atom. The zero-order chi connectivity index (χ0) is 27.4. The Morgan fingerprint density at radius 3 is 1.97 bits per heavy atom. The summed E-state index contributed by atoms with van der Waals surface area (Å²) in [4.78, 5) is 4.11. The third-order valence-electron chi connectivity index (χ3n) is 6.38. The largest absolute Gasteiger partial charge is 0.744 e. The van der Waals surface area contributed by atoms with E-state index in [0.29, 0.717) is 38.7 Å². The van der Waals surface area contributed by atoms with Gasteiger partial charge in [-0.3, -0.25) is 0 Å². The zero-order valence-electron chi connectivity index (χ0n) is 20.0. The molecule has 0 saturated carbocycles. The molecule has 0 bridgehead atoms. The highest BCUT2D eigenvalue weighted by Gasteiger charge is 2.23. The second kappa shape index (κ2) is 9.10. The summed E-state index contributed by atoms with van der Waals surface area (Å²) in [6, 6.07) is 28.4. The van der Waals surface area contributed by atoms with E-state index in [1.807, 2.05) is 59.2 Å². The van der Waals surface area contributed by atoms with Gasteiger partial charge in [0.1, 0.15) is 31.3 Å². The van der Waals surface area contributed by atoms with Gasteiger partial charge in [-0.05, 0) is 42.5 Å². The molecule has 0 fully saturated rings. The fourth-order valence-electron chi connectivity index (χ4n) is 4.63. The van der Waals surface area contributed by atoms with Crippen molar-refractivity contribution in [3.63, 3.8) is 0 Å². The van der Waals surface area contributed by atoms with Crippen LogP contribution in [0.1, 0.15) is 0 Å². The van der Waals surface area contributed by atoms with Gasteiger partial charge in [0.15, 0.2) is 0 Å². The molecule has 0 atom stereocenters. The first-order valence-corrected chi connectivity index (χ1v) is 14.5. The highest BCUT2D eigenvalue weighted by atomic mass is 32.2. The minimum atomic E-state index is -4.75. The summed E-state index contributed by atoms with van der Waals surface area (Å²) in [5, 5.41) is 4.20. The maximum absolute atomic E-state index is 11.9. The van der Waals surface area contributed by atoms with E-state index in [-0.39, 0.29) is 4.90 Å². The lowest BCUT2D eigenvalue weighted by molar-refractivity contribution is -0.538. The molecule has 0 amide bonds. The molecule has 194 valence electrons. The van der Waals surface area contributed by atoms with Crippen LogP contribution in [0.25, 0.3) is 38.5 Å². The van der Waals surface area contributed by atoms with Gasteiger partial charge < -0.3 is 14.4 Å². The quantitative estimate of drug-likeness (QED) is 0.143. The number of hydrogen-bond donors (Lipinski definition) is 1. The molecule has 0 aliphatic rings. The molecule has 6 aromatic rings. The molecule has 5 aromatic carbocycles. The van der Waals surface area contributed by atoms with Gasteiger partial charge in [-0.1, -0.05) is 36.4 Å². The van der Waals surface area contributed by atoms with Gasteiger partial charge in [0.05, 0.1) is 15.5 Å². The van der Waals surface area contributed by atoms with Gasteiger partial charge in [0.25, 0.3) is 0 Å². The standard InChI is InChI=1S/C28H19N3O6S2/c32-38(33,34)20-12-10-18(11-13-20)29-25-17-27-28(22-15-14-21(16-23(22)25)39(35,36)37)30-24-8-4-5-9-26(24)31(27)19-6-2-1-3-7-19/h1-17H,(H2,32,33,34,35,36,37)/p-1. The van der Waals surface area contributed by atoms with Gasteiger partial charge in [-0.15, -0.1) is 4.57 Å². The van der Waals surface area contributed by atoms with Crippen molar-refractivity contribution in [1.82, 2.24) is 4.98 Å². The molecule has 0 saturated heterocycles. The van der Waals surface area contributed by atoms with Crippen molar-refractivity contribution in [3.05, 3.63) is 103 Å². The maximum atomic E-state index is 11.9. The molecular weight excluding hydrogens is 538 g/mol. The highest BCUT2D eigenvalue weighted by molar-refractivity contribution is 7.86. The lowest BCUT2D eigenvalue weighted by Crippen LogP contribution is -2.33. The van der Waals surface area contributed by atoms with E-state index >= 15 is 0 Å². The van der Waals surface area contributed by atoms with Gasteiger partial charge in [-0.25, -0.2) is 21.8 Å². The van der Waals surface area contributed by atoms with Crippen molar-refractivity contribution in [2.45, 2.75) is 9.79 Å². The molecule has 1 N–H and O–H groups in total. The molecule has 0 radical (unpaired) electrons. The summed E-state index contributed by atoms with van der Waals surface area (Å²) in [5.41, 5.74) is 4.60. The van der Waals surface area contributed by atoms with E-state index < -0.39 is 25.1 Å². The lowest BCUT2D eigenvalue weighted by Gasteiger charge is -2.15. The average Bonchev–Trinajstić information content (AvgIpc) is 2.91. The van der Waals surface area contributed by atoms with Crippen LogP contribution < -0.4 is 9.88 Å². The third-order valence-corrected chi connectivity index (χ3v) is 8.06. The second-order valence-electron chi connectivity index (χ2n) is 8.83. The second-order valence-corrected chi connectivity index (χ2v) is 11.6. The van der Waals surface area contributed by atoms with E-state index in [1.54, 1.807) is 12.1 Å². The molecular formula is C28H18N3O6S2-. The molecule has 1 aromatic heterocycles. The van der Waals surface area contributed by atoms with E-state index in [1.165, 1.54) is 36.4 Å². The van der Waals surface area contributed by atoms with E-state index in [9.17, 15) is 25.9 Å². The summed E-state index contributed by atoms with van der Waals surface area (Å²) in [6.45, 7) is 0. The van der Waals surface area contributed by atoms with E-state index in [4.69, 9.17) is 4.98 Å². The topological polar surface area (TPSA) is 143 Å². The van der Waals surface area contributed by atoms with Crippen LogP contribution >= 0.6 is 0 Å². The Hall–Kier alpha value is -4.42. The van der Waals surface area contributed by atoms with Crippen LogP contribution in [0.5, 0.6) is 0 Å². The summed E-state index contributed by atoms with van der Waals surface area (Å²) in [7, 11) is -9.38.